The molecule has 23 heavy (non-hydrogen) atoms. The van der Waals surface area contributed by atoms with Gasteiger partial charge in [-0.15, -0.1) is 0 Å². The van der Waals surface area contributed by atoms with Crippen molar-refractivity contribution in [1.82, 2.24) is 14.5 Å². The molecule has 1 aromatic carbocycles. The molecular formula is C18H18FN3O. The number of benzene rings is 1. The number of fused-ring (bicyclic) bond motifs is 1. The molecule has 0 aliphatic heterocycles. The topological polar surface area (TPSA) is 47.8 Å². The Bertz CT molecular complexity index is 861. The van der Waals surface area contributed by atoms with Crippen LogP contribution in [-0.4, -0.2) is 14.5 Å². The van der Waals surface area contributed by atoms with Crippen molar-refractivity contribution in [2.75, 3.05) is 0 Å². The van der Waals surface area contributed by atoms with Gasteiger partial charge in [0.25, 0.3) is 5.56 Å². The third-order valence-corrected chi connectivity index (χ3v) is 4.00. The number of pyridine rings is 1. The Morgan fingerprint density at radius 3 is 2.87 bits per heavy atom. The molecule has 5 heteroatoms. The van der Waals surface area contributed by atoms with E-state index in [4.69, 9.17) is 0 Å². The fraction of sp³-hybridized carbons (Fsp3) is 0.278. The molecule has 118 valence electrons. The first kappa shape index (κ1) is 15.3. The minimum absolute atomic E-state index is 0.120. The Kier molecular flexibility index (Phi) is 4.46. The summed E-state index contributed by atoms with van der Waals surface area (Å²) in [7, 11) is 0. The average molecular weight is 311 g/mol. The highest BCUT2D eigenvalue weighted by Gasteiger charge is 2.17. The maximum atomic E-state index is 13.8. The third-order valence-electron chi connectivity index (χ3n) is 4.00. The standard InChI is InChI=1S/C18H18FN3O/c1-2-3-9-16(13-6-5-10-20-11-13)22-12-21-17-14(18(22)23)7-4-8-15(17)19/h4-8,10-12,16H,2-3,9H2,1H3/t16-/m1/s1. The fourth-order valence-electron chi connectivity index (χ4n) is 2.79. The van der Waals surface area contributed by atoms with Crippen molar-refractivity contribution in [1.29, 1.82) is 0 Å². The molecule has 0 radical (unpaired) electrons. The smallest absolute Gasteiger partial charge is 0.261 e. The molecule has 0 aliphatic carbocycles. The lowest BCUT2D eigenvalue weighted by atomic mass is 10.0. The summed E-state index contributed by atoms with van der Waals surface area (Å²) < 4.78 is 15.4. The highest BCUT2D eigenvalue weighted by atomic mass is 19.1. The van der Waals surface area contributed by atoms with E-state index in [9.17, 15) is 9.18 Å². The van der Waals surface area contributed by atoms with E-state index in [1.807, 2.05) is 12.1 Å². The van der Waals surface area contributed by atoms with Crippen LogP contribution in [0.25, 0.3) is 10.9 Å². The molecule has 3 rings (SSSR count). The lowest BCUT2D eigenvalue weighted by Gasteiger charge is -2.20. The zero-order valence-electron chi connectivity index (χ0n) is 12.9. The molecule has 1 atom stereocenters. The van der Waals surface area contributed by atoms with E-state index in [0.29, 0.717) is 5.39 Å². The van der Waals surface area contributed by atoms with E-state index >= 15 is 0 Å². The highest BCUT2D eigenvalue weighted by molar-refractivity contribution is 5.77. The molecule has 0 unspecified atom stereocenters. The first-order valence-corrected chi connectivity index (χ1v) is 7.77. The van der Waals surface area contributed by atoms with Gasteiger partial charge < -0.3 is 0 Å². The Labute approximate surface area is 133 Å². The molecule has 4 nitrogen and oxygen atoms in total. The van der Waals surface area contributed by atoms with Crippen LogP contribution in [0.5, 0.6) is 0 Å². The van der Waals surface area contributed by atoms with Crippen molar-refractivity contribution < 1.29 is 4.39 Å². The van der Waals surface area contributed by atoms with Gasteiger partial charge in [-0.05, 0) is 30.2 Å². The third kappa shape index (κ3) is 2.99. The van der Waals surface area contributed by atoms with Crippen molar-refractivity contribution in [3.05, 3.63) is 70.8 Å². The molecule has 3 aromatic rings. The molecule has 2 heterocycles. The van der Waals surface area contributed by atoms with Crippen LogP contribution in [0.4, 0.5) is 4.39 Å². The van der Waals surface area contributed by atoms with Crippen LogP contribution in [-0.2, 0) is 0 Å². The monoisotopic (exact) mass is 311 g/mol. The quantitative estimate of drug-likeness (QED) is 0.721. The summed E-state index contributed by atoms with van der Waals surface area (Å²) in [4.78, 5) is 21.1. The van der Waals surface area contributed by atoms with Crippen molar-refractivity contribution in [2.24, 2.45) is 0 Å². The largest absolute Gasteiger partial charge is 0.291 e. The number of hydrogen-bond donors (Lipinski definition) is 0. The zero-order chi connectivity index (χ0) is 16.2. The molecule has 0 bridgehead atoms. The van der Waals surface area contributed by atoms with E-state index in [1.165, 1.54) is 18.5 Å². The molecule has 0 N–H and O–H groups in total. The van der Waals surface area contributed by atoms with E-state index in [-0.39, 0.29) is 17.1 Å². The summed E-state index contributed by atoms with van der Waals surface area (Å²) in [5, 5.41) is 0.304. The first-order valence-electron chi connectivity index (χ1n) is 7.77. The second kappa shape index (κ2) is 6.69. The predicted molar refractivity (Wildman–Crippen MR) is 87.9 cm³/mol. The van der Waals surface area contributed by atoms with E-state index < -0.39 is 5.82 Å². The molecule has 2 aromatic heterocycles. The van der Waals surface area contributed by atoms with Gasteiger partial charge in [-0.3, -0.25) is 14.3 Å². The summed E-state index contributed by atoms with van der Waals surface area (Å²) in [6, 6.07) is 8.13. The van der Waals surface area contributed by atoms with Crippen molar-refractivity contribution in [2.45, 2.75) is 32.2 Å². The van der Waals surface area contributed by atoms with Gasteiger partial charge in [0.1, 0.15) is 11.3 Å². The van der Waals surface area contributed by atoms with Crippen LogP contribution in [0.1, 0.15) is 37.8 Å². The van der Waals surface area contributed by atoms with Gasteiger partial charge in [-0.25, -0.2) is 9.37 Å². The van der Waals surface area contributed by atoms with Crippen LogP contribution < -0.4 is 5.56 Å². The Morgan fingerprint density at radius 1 is 1.26 bits per heavy atom. The minimum atomic E-state index is -0.474. The lowest BCUT2D eigenvalue weighted by molar-refractivity contribution is 0.497. The number of aromatic nitrogens is 3. The number of unbranched alkanes of at least 4 members (excludes halogenated alkanes) is 1. The van der Waals surface area contributed by atoms with Crippen molar-refractivity contribution in [3.8, 4) is 0 Å². The summed E-state index contributed by atoms with van der Waals surface area (Å²) >= 11 is 0. The van der Waals surface area contributed by atoms with Gasteiger partial charge in [0, 0.05) is 12.4 Å². The molecule has 0 saturated heterocycles. The second-order valence-electron chi connectivity index (χ2n) is 5.54. The Hall–Kier alpha value is -2.56. The molecule has 0 spiro atoms. The van der Waals surface area contributed by atoms with Gasteiger partial charge in [0.15, 0.2) is 0 Å². The predicted octanol–water partition coefficient (Wildman–Crippen LogP) is 3.71. The summed E-state index contributed by atoms with van der Waals surface area (Å²) in [6.45, 7) is 2.11. The fourth-order valence-corrected chi connectivity index (χ4v) is 2.79. The maximum Gasteiger partial charge on any atom is 0.261 e. The van der Waals surface area contributed by atoms with E-state index in [1.54, 1.807) is 23.0 Å². The van der Waals surface area contributed by atoms with Crippen LogP contribution in [0, 0.1) is 5.82 Å². The van der Waals surface area contributed by atoms with E-state index in [0.717, 1.165) is 24.8 Å². The molecular weight excluding hydrogens is 293 g/mol. The number of hydrogen-bond acceptors (Lipinski definition) is 3. The summed E-state index contributed by atoms with van der Waals surface area (Å²) in [6.07, 6.45) is 7.74. The average Bonchev–Trinajstić information content (AvgIpc) is 2.58. The summed E-state index contributed by atoms with van der Waals surface area (Å²) in [5.41, 5.74) is 0.856. The van der Waals surface area contributed by atoms with Crippen LogP contribution in [0.15, 0.2) is 53.8 Å². The number of nitrogens with zero attached hydrogens (tertiary/aromatic N) is 3. The van der Waals surface area contributed by atoms with Gasteiger partial charge in [-0.1, -0.05) is 31.9 Å². The maximum absolute atomic E-state index is 13.8. The molecule has 0 saturated carbocycles. The highest BCUT2D eigenvalue weighted by Crippen LogP contribution is 2.23. The first-order chi connectivity index (χ1) is 11.2. The summed E-state index contributed by atoms with van der Waals surface area (Å²) in [5.74, 6) is -0.474. The van der Waals surface area contributed by atoms with Crippen molar-refractivity contribution >= 4 is 10.9 Å². The van der Waals surface area contributed by atoms with Gasteiger partial charge in [0.05, 0.1) is 17.8 Å². The zero-order valence-corrected chi connectivity index (χ0v) is 12.9. The lowest BCUT2D eigenvalue weighted by Crippen LogP contribution is -2.26. The number of rotatable bonds is 5. The van der Waals surface area contributed by atoms with Crippen LogP contribution in [0.3, 0.4) is 0 Å². The number of halogens is 1. The van der Waals surface area contributed by atoms with Crippen molar-refractivity contribution in [3.63, 3.8) is 0 Å². The van der Waals surface area contributed by atoms with Crippen LogP contribution in [0.2, 0.25) is 0 Å². The van der Waals surface area contributed by atoms with Crippen LogP contribution >= 0.6 is 0 Å². The Balaban J connectivity index is 2.15. The Morgan fingerprint density at radius 2 is 2.13 bits per heavy atom. The molecule has 0 aliphatic rings. The number of para-hydroxylation sites is 1. The van der Waals surface area contributed by atoms with E-state index in [2.05, 4.69) is 16.9 Å². The normalized spacial score (nSPS) is 12.4. The molecule has 0 fully saturated rings. The molecule has 0 amide bonds. The SMILES string of the molecule is CCCC[C@H](c1cccnc1)n1cnc2c(F)cccc2c1=O. The van der Waals surface area contributed by atoms with Gasteiger partial charge >= 0.3 is 0 Å². The van der Waals surface area contributed by atoms with Gasteiger partial charge in [-0.2, -0.15) is 0 Å². The van der Waals surface area contributed by atoms with Gasteiger partial charge in [0.2, 0.25) is 0 Å². The second-order valence-corrected chi connectivity index (χ2v) is 5.54. The minimum Gasteiger partial charge on any atom is -0.291 e.